The predicted octanol–water partition coefficient (Wildman–Crippen LogP) is 7.27. The minimum Gasteiger partial charge on any atom is -0.508 e. The lowest BCUT2D eigenvalue weighted by atomic mass is 9.51. The van der Waals surface area contributed by atoms with Crippen molar-refractivity contribution in [1.29, 1.82) is 0 Å². The van der Waals surface area contributed by atoms with Gasteiger partial charge in [-0.15, -0.1) is 0 Å². The van der Waals surface area contributed by atoms with Gasteiger partial charge < -0.3 is 10.0 Å². The van der Waals surface area contributed by atoms with E-state index in [1.54, 1.807) is 12.1 Å². The summed E-state index contributed by atoms with van der Waals surface area (Å²) in [5.74, 6) is -5.33. The van der Waals surface area contributed by atoms with E-state index in [4.69, 9.17) is 0 Å². The van der Waals surface area contributed by atoms with Crippen LogP contribution in [0.4, 0.5) is 26.3 Å². The maximum Gasteiger partial charge on any atom is 0.453 e. The van der Waals surface area contributed by atoms with Crippen molar-refractivity contribution in [1.82, 2.24) is 4.90 Å². The summed E-state index contributed by atoms with van der Waals surface area (Å²) in [5.41, 5.74) is 1.36. The fourth-order valence-corrected chi connectivity index (χ4v) is 9.58. The molecular weight excluding hydrogens is 608 g/mol. The molecule has 12 heteroatoms. The lowest BCUT2D eigenvalue weighted by molar-refractivity contribution is -0.284. The Morgan fingerprint density at radius 1 is 1.02 bits per heavy atom. The fraction of sp³-hybridized carbons (Fsp3) is 0.781. The number of Topliss-reactive ketones (excluding diaryl/α,β-unsaturated/α-hetero) is 1. The second kappa shape index (κ2) is 13.5. The van der Waals surface area contributed by atoms with Crippen molar-refractivity contribution in [2.24, 2.45) is 23.2 Å². The summed E-state index contributed by atoms with van der Waals surface area (Å²) in [6, 6.07) is 5.24. The highest BCUT2D eigenvalue weighted by atomic mass is 32.2. The summed E-state index contributed by atoms with van der Waals surface area (Å²) < 4.78 is 103. The maximum absolute atomic E-state index is 15.9. The van der Waals surface area contributed by atoms with Gasteiger partial charge >= 0.3 is 12.1 Å². The van der Waals surface area contributed by atoms with Gasteiger partial charge in [-0.25, -0.2) is 12.8 Å². The van der Waals surface area contributed by atoms with Crippen LogP contribution in [0.1, 0.15) is 88.2 Å². The molecule has 0 bridgehead atoms. The Balaban J connectivity index is 1.23. The molecule has 0 aliphatic heterocycles. The standard InChI is InChI=1S/C32H45F6NO4S/c1-30-20-26(33)29-24-10-9-23(40)19-22(24)18-21(28(29)25(30)11-12-27(30)41)8-4-3-5-14-39(2)15-7-17-44(42,43)16-6-13-31(34,35)32(36,37)38/h9-10,19,21,25-26,28-29,40H,3-8,11-18,20H2,1-2H3/t21-,25+,26+,28+,29+,30+/m1/s1. The predicted molar refractivity (Wildman–Crippen MR) is 156 cm³/mol. The topological polar surface area (TPSA) is 74.7 Å². The van der Waals surface area contributed by atoms with Gasteiger partial charge in [0.2, 0.25) is 0 Å². The molecule has 0 heterocycles. The number of unbranched alkanes of at least 4 members (excludes halogenated alkanes) is 2. The minimum absolute atomic E-state index is 0.0801. The maximum atomic E-state index is 15.9. The number of rotatable bonds is 14. The van der Waals surface area contributed by atoms with E-state index in [2.05, 4.69) is 0 Å². The van der Waals surface area contributed by atoms with E-state index in [-0.39, 0.29) is 53.8 Å². The van der Waals surface area contributed by atoms with Crippen molar-refractivity contribution in [3.8, 4) is 5.75 Å². The molecule has 250 valence electrons. The second-order valence-corrected chi connectivity index (χ2v) is 15.9. The van der Waals surface area contributed by atoms with Gasteiger partial charge in [-0.1, -0.05) is 25.8 Å². The highest BCUT2D eigenvalue weighted by Gasteiger charge is 2.60. The van der Waals surface area contributed by atoms with Crippen LogP contribution in [0.15, 0.2) is 18.2 Å². The SMILES string of the molecule is CN(CCCCC[C@@H]1Cc2cc(O)ccc2[C@@H]2[C@@H]1[C@@H]1CCC(=O)[C@@]1(C)C[C@@H]2F)CCCS(=O)(=O)CCCC(F)(F)C(F)(F)F. The van der Waals surface area contributed by atoms with Crippen molar-refractivity contribution in [2.75, 3.05) is 31.6 Å². The van der Waals surface area contributed by atoms with Crippen LogP contribution in [0, 0.1) is 23.2 Å². The Hall–Kier alpha value is -1.82. The van der Waals surface area contributed by atoms with Crippen LogP contribution < -0.4 is 0 Å². The van der Waals surface area contributed by atoms with Gasteiger partial charge in [-0.2, -0.15) is 22.0 Å². The number of carbonyl (C=O) groups excluding carboxylic acids is 1. The average Bonchev–Trinajstić information content (AvgIpc) is 3.20. The lowest BCUT2D eigenvalue weighted by Crippen LogP contribution is -2.50. The van der Waals surface area contributed by atoms with Crippen molar-refractivity contribution >= 4 is 15.6 Å². The summed E-state index contributed by atoms with van der Waals surface area (Å²) in [6.07, 6.45) is -2.92. The number of hydrogen-bond acceptors (Lipinski definition) is 5. The summed E-state index contributed by atoms with van der Waals surface area (Å²) in [5, 5.41) is 10.1. The molecule has 0 saturated heterocycles. The molecule has 0 spiro atoms. The van der Waals surface area contributed by atoms with Crippen molar-refractivity contribution in [3.05, 3.63) is 29.3 Å². The number of carbonyl (C=O) groups is 1. The van der Waals surface area contributed by atoms with Crippen LogP contribution in [-0.4, -0.2) is 74.1 Å². The molecule has 6 atom stereocenters. The number of ketones is 1. The average molecular weight is 654 g/mol. The van der Waals surface area contributed by atoms with Crippen molar-refractivity contribution < 1.29 is 44.7 Å². The highest BCUT2D eigenvalue weighted by molar-refractivity contribution is 7.91. The van der Waals surface area contributed by atoms with E-state index < -0.39 is 52.1 Å². The summed E-state index contributed by atoms with van der Waals surface area (Å²) in [6.45, 7) is 3.12. The van der Waals surface area contributed by atoms with Crippen LogP contribution >= 0.6 is 0 Å². The van der Waals surface area contributed by atoms with E-state index in [0.717, 1.165) is 49.7 Å². The van der Waals surface area contributed by atoms with Crippen LogP contribution in [0.5, 0.6) is 5.75 Å². The number of nitrogens with zero attached hydrogens (tertiary/aromatic N) is 1. The van der Waals surface area contributed by atoms with Crippen molar-refractivity contribution in [3.63, 3.8) is 0 Å². The molecule has 0 radical (unpaired) electrons. The van der Waals surface area contributed by atoms with Crippen molar-refractivity contribution in [2.45, 2.75) is 102 Å². The van der Waals surface area contributed by atoms with Crippen LogP contribution in [-0.2, 0) is 21.1 Å². The quantitative estimate of drug-likeness (QED) is 0.169. The summed E-state index contributed by atoms with van der Waals surface area (Å²) >= 11 is 0. The molecule has 1 aromatic carbocycles. The van der Waals surface area contributed by atoms with E-state index in [9.17, 15) is 40.3 Å². The zero-order valence-corrected chi connectivity index (χ0v) is 26.3. The molecule has 3 aliphatic rings. The highest BCUT2D eigenvalue weighted by Crippen LogP contribution is 2.62. The fourth-order valence-electron chi connectivity index (χ4n) is 8.22. The number of fused-ring (bicyclic) bond motifs is 5. The first-order valence-electron chi connectivity index (χ1n) is 15.8. The number of alkyl halides is 6. The molecule has 1 aromatic rings. The van der Waals surface area contributed by atoms with Gasteiger partial charge in [-0.3, -0.25) is 4.79 Å². The Morgan fingerprint density at radius 3 is 2.41 bits per heavy atom. The third-order valence-corrected chi connectivity index (χ3v) is 12.3. The zero-order chi connectivity index (χ0) is 32.5. The van der Waals surface area contributed by atoms with E-state index >= 15 is 4.39 Å². The number of phenolic OH excluding ortho intramolecular Hbond substituents is 1. The molecule has 5 nitrogen and oxygen atoms in total. The van der Waals surface area contributed by atoms with Gasteiger partial charge in [0.15, 0.2) is 0 Å². The third-order valence-electron chi connectivity index (χ3n) is 10.5. The molecule has 0 aromatic heterocycles. The molecule has 0 amide bonds. The number of aromatic hydroxyl groups is 1. The van der Waals surface area contributed by atoms with Crippen LogP contribution in [0.25, 0.3) is 0 Å². The minimum atomic E-state index is -5.68. The summed E-state index contributed by atoms with van der Waals surface area (Å²) in [7, 11) is -1.88. The van der Waals surface area contributed by atoms with Crippen LogP contribution in [0.3, 0.4) is 0 Å². The Labute approximate surface area is 256 Å². The first-order valence-corrected chi connectivity index (χ1v) is 17.6. The lowest BCUT2D eigenvalue weighted by Gasteiger charge is -2.53. The van der Waals surface area contributed by atoms with Crippen LogP contribution in [0.2, 0.25) is 0 Å². The Bertz CT molecular complexity index is 1270. The molecule has 0 unspecified atom stereocenters. The smallest absolute Gasteiger partial charge is 0.453 e. The van der Waals surface area contributed by atoms with E-state index in [1.807, 2.05) is 24.9 Å². The number of hydrogen-bond donors (Lipinski definition) is 1. The Morgan fingerprint density at radius 2 is 1.70 bits per heavy atom. The Kier molecular flexibility index (Phi) is 10.8. The second-order valence-electron chi connectivity index (χ2n) is 13.6. The largest absolute Gasteiger partial charge is 0.508 e. The van der Waals surface area contributed by atoms with Gasteiger partial charge in [0.05, 0.1) is 11.5 Å². The monoisotopic (exact) mass is 653 g/mol. The summed E-state index contributed by atoms with van der Waals surface area (Å²) in [4.78, 5) is 14.8. The molecule has 4 rings (SSSR count). The molecule has 2 fully saturated rings. The van der Waals surface area contributed by atoms with E-state index in [0.29, 0.717) is 19.5 Å². The van der Waals surface area contributed by atoms with Gasteiger partial charge in [0, 0.05) is 24.2 Å². The molecule has 1 N–H and O–H groups in total. The molecule has 2 saturated carbocycles. The third kappa shape index (κ3) is 7.76. The first-order chi connectivity index (χ1) is 20.4. The normalized spacial score (nSPS) is 29.0. The van der Waals surface area contributed by atoms with E-state index in [1.165, 1.54) is 0 Å². The number of sulfone groups is 1. The first kappa shape index (κ1) is 35.0. The van der Waals surface area contributed by atoms with Gasteiger partial charge in [-0.05, 0) is 106 Å². The zero-order valence-electron chi connectivity index (χ0n) is 25.5. The van der Waals surface area contributed by atoms with Gasteiger partial charge in [0.1, 0.15) is 27.5 Å². The molecule has 3 aliphatic carbocycles. The number of halogens is 6. The number of phenols is 1. The van der Waals surface area contributed by atoms with Gasteiger partial charge in [0.25, 0.3) is 0 Å². The number of benzene rings is 1. The molecular formula is C32H45F6NO4S. The molecule has 44 heavy (non-hydrogen) atoms.